The average molecular weight is 316 g/mol. The third-order valence-electron chi connectivity index (χ3n) is 3.36. The van der Waals surface area contributed by atoms with E-state index < -0.39 is 0 Å². The molecule has 1 aromatic carbocycles. The van der Waals surface area contributed by atoms with E-state index in [1.165, 1.54) is 0 Å². The van der Waals surface area contributed by atoms with Crippen molar-refractivity contribution in [1.29, 1.82) is 0 Å². The van der Waals surface area contributed by atoms with Crippen LogP contribution in [0.3, 0.4) is 0 Å². The number of unbranched alkanes of at least 4 members (excludes halogenated alkanes) is 1. The van der Waals surface area contributed by atoms with Crippen LogP contribution in [-0.2, 0) is 17.9 Å². The molecule has 0 bridgehead atoms. The lowest BCUT2D eigenvalue weighted by Crippen LogP contribution is -2.24. The first-order valence-electron chi connectivity index (χ1n) is 8.11. The van der Waals surface area contributed by atoms with Gasteiger partial charge in [-0.2, -0.15) is 0 Å². The molecule has 0 aliphatic carbocycles. The third kappa shape index (κ3) is 6.50. The van der Waals surface area contributed by atoms with Gasteiger partial charge >= 0.3 is 0 Å². The maximum absolute atomic E-state index is 11.6. The second-order valence-corrected chi connectivity index (χ2v) is 5.38. The van der Waals surface area contributed by atoms with Crippen molar-refractivity contribution >= 4 is 5.91 Å². The van der Waals surface area contributed by atoms with Gasteiger partial charge in [0.25, 0.3) is 0 Å². The fourth-order valence-electron chi connectivity index (χ4n) is 2.08. The number of nitrogens with zero attached hydrogens (tertiary/aromatic N) is 3. The van der Waals surface area contributed by atoms with Gasteiger partial charge in [0, 0.05) is 19.5 Å². The zero-order chi connectivity index (χ0) is 16.3. The molecule has 0 saturated heterocycles. The van der Waals surface area contributed by atoms with Crippen molar-refractivity contribution in [3.63, 3.8) is 0 Å². The minimum absolute atomic E-state index is 0.103. The lowest BCUT2D eigenvalue weighted by Gasteiger charge is -2.04. The Morgan fingerprint density at radius 2 is 2.09 bits per heavy atom. The number of hydrogen-bond acceptors (Lipinski definition) is 4. The number of ether oxygens (including phenoxy) is 1. The Labute approximate surface area is 136 Å². The molecule has 0 aliphatic heterocycles. The van der Waals surface area contributed by atoms with E-state index >= 15 is 0 Å². The van der Waals surface area contributed by atoms with Crippen LogP contribution in [0.15, 0.2) is 36.5 Å². The predicted octanol–water partition coefficient (Wildman–Crippen LogP) is 2.55. The van der Waals surface area contributed by atoms with Gasteiger partial charge in [-0.1, -0.05) is 36.8 Å². The van der Waals surface area contributed by atoms with Crippen LogP contribution in [0.2, 0.25) is 0 Å². The first kappa shape index (κ1) is 17.0. The Morgan fingerprint density at radius 3 is 2.87 bits per heavy atom. The molecule has 1 N–H and O–H groups in total. The second-order valence-electron chi connectivity index (χ2n) is 5.38. The molecule has 124 valence electrons. The largest absolute Gasteiger partial charge is 0.487 e. The second kappa shape index (κ2) is 9.61. The molecular formula is C17H24N4O2. The fourth-order valence-corrected chi connectivity index (χ4v) is 2.08. The molecule has 0 spiro atoms. The van der Waals surface area contributed by atoms with Crippen LogP contribution in [0.5, 0.6) is 5.75 Å². The van der Waals surface area contributed by atoms with Gasteiger partial charge in [0.15, 0.2) is 0 Å². The van der Waals surface area contributed by atoms with Gasteiger partial charge in [-0.15, -0.1) is 5.10 Å². The highest BCUT2D eigenvalue weighted by molar-refractivity contribution is 5.75. The van der Waals surface area contributed by atoms with Gasteiger partial charge in [0.2, 0.25) is 5.91 Å². The summed E-state index contributed by atoms with van der Waals surface area (Å²) in [5.74, 6) is 0.914. The van der Waals surface area contributed by atoms with Crippen LogP contribution in [-0.4, -0.2) is 27.4 Å². The van der Waals surface area contributed by atoms with Crippen LogP contribution in [0.1, 0.15) is 38.3 Å². The molecule has 6 nitrogen and oxygen atoms in total. The Bertz CT molecular complexity index is 583. The zero-order valence-corrected chi connectivity index (χ0v) is 13.6. The van der Waals surface area contributed by atoms with Crippen molar-refractivity contribution in [1.82, 2.24) is 20.3 Å². The summed E-state index contributed by atoms with van der Waals surface area (Å²) in [5.41, 5.74) is 0.779. The smallest absolute Gasteiger partial charge is 0.220 e. The molecule has 23 heavy (non-hydrogen) atoms. The maximum Gasteiger partial charge on any atom is 0.220 e. The molecule has 0 aliphatic rings. The van der Waals surface area contributed by atoms with Crippen LogP contribution in [0.25, 0.3) is 0 Å². The predicted molar refractivity (Wildman–Crippen MR) is 87.9 cm³/mol. The highest BCUT2D eigenvalue weighted by atomic mass is 16.5. The number of amides is 1. The summed E-state index contributed by atoms with van der Waals surface area (Å²) in [6.07, 6.45) is 5.24. The zero-order valence-electron chi connectivity index (χ0n) is 13.6. The summed E-state index contributed by atoms with van der Waals surface area (Å²) in [6, 6.07) is 9.61. The lowest BCUT2D eigenvalue weighted by atomic mass is 10.3. The standard InChI is InChI=1S/C17H24N4O2/c1-2-3-11-18-17(22)10-7-12-21-13-15(19-20-21)14-23-16-8-5-4-6-9-16/h4-6,8-9,13H,2-3,7,10-12,14H2,1H3,(H,18,22). The number of aromatic nitrogens is 3. The molecule has 0 atom stereocenters. The number of rotatable bonds is 10. The van der Waals surface area contributed by atoms with Crippen LogP contribution in [0, 0.1) is 0 Å². The van der Waals surface area contributed by atoms with E-state index in [0.29, 0.717) is 19.6 Å². The Morgan fingerprint density at radius 1 is 1.26 bits per heavy atom. The number of nitrogens with one attached hydrogen (secondary N) is 1. The van der Waals surface area contributed by atoms with Gasteiger partial charge in [-0.3, -0.25) is 9.48 Å². The molecule has 6 heteroatoms. The van der Waals surface area contributed by atoms with Gasteiger partial charge in [-0.05, 0) is 25.0 Å². The normalized spacial score (nSPS) is 10.5. The molecule has 1 heterocycles. The summed E-state index contributed by atoms with van der Waals surface area (Å²) in [4.78, 5) is 11.6. The topological polar surface area (TPSA) is 69.0 Å². The molecule has 0 unspecified atom stereocenters. The van der Waals surface area contributed by atoms with Gasteiger partial charge in [0.1, 0.15) is 18.1 Å². The first-order valence-corrected chi connectivity index (χ1v) is 8.11. The quantitative estimate of drug-likeness (QED) is 0.684. The molecule has 2 aromatic rings. The highest BCUT2D eigenvalue weighted by Gasteiger charge is 2.04. The first-order chi connectivity index (χ1) is 11.3. The van der Waals surface area contributed by atoms with E-state index in [2.05, 4.69) is 22.6 Å². The number of para-hydroxylation sites is 1. The Hall–Kier alpha value is -2.37. The highest BCUT2D eigenvalue weighted by Crippen LogP contribution is 2.10. The minimum Gasteiger partial charge on any atom is -0.487 e. The molecule has 0 fully saturated rings. The summed E-state index contributed by atoms with van der Waals surface area (Å²) < 4.78 is 7.38. The number of benzene rings is 1. The van der Waals surface area contributed by atoms with E-state index in [1.807, 2.05) is 36.5 Å². The molecule has 0 radical (unpaired) electrons. The Kier molecular flexibility index (Phi) is 7.10. The number of hydrogen-bond donors (Lipinski definition) is 1. The molecule has 1 amide bonds. The van der Waals surface area contributed by atoms with E-state index in [9.17, 15) is 4.79 Å². The average Bonchev–Trinajstić information content (AvgIpc) is 3.02. The Balaban J connectivity index is 1.65. The van der Waals surface area contributed by atoms with Crippen LogP contribution < -0.4 is 10.1 Å². The van der Waals surface area contributed by atoms with Crippen molar-refractivity contribution in [3.05, 3.63) is 42.2 Å². The fraction of sp³-hybridized carbons (Fsp3) is 0.471. The lowest BCUT2D eigenvalue weighted by molar-refractivity contribution is -0.121. The van der Waals surface area contributed by atoms with Crippen molar-refractivity contribution in [2.45, 2.75) is 45.8 Å². The van der Waals surface area contributed by atoms with Crippen molar-refractivity contribution in [2.75, 3.05) is 6.54 Å². The summed E-state index contributed by atoms with van der Waals surface area (Å²) in [5, 5.41) is 11.0. The van der Waals surface area contributed by atoms with Crippen molar-refractivity contribution in [2.24, 2.45) is 0 Å². The molecule has 2 rings (SSSR count). The maximum atomic E-state index is 11.6. The number of carbonyl (C=O) groups excluding carboxylic acids is 1. The summed E-state index contributed by atoms with van der Waals surface area (Å²) >= 11 is 0. The molecule has 1 aromatic heterocycles. The van der Waals surface area contributed by atoms with Crippen LogP contribution >= 0.6 is 0 Å². The van der Waals surface area contributed by atoms with E-state index in [-0.39, 0.29) is 5.91 Å². The number of aryl methyl sites for hydroxylation is 1. The van der Waals surface area contributed by atoms with Crippen molar-refractivity contribution < 1.29 is 9.53 Å². The summed E-state index contributed by atoms with van der Waals surface area (Å²) in [7, 11) is 0. The van der Waals surface area contributed by atoms with E-state index in [1.54, 1.807) is 4.68 Å². The minimum atomic E-state index is 0.103. The number of carbonyl (C=O) groups is 1. The molecule has 0 saturated carbocycles. The summed E-state index contributed by atoms with van der Waals surface area (Å²) in [6.45, 7) is 3.94. The van der Waals surface area contributed by atoms with Gasteiger partial charge in [0.05, 0.1) is 6.20 Å². The third-order valence-corrected chi connectivity index (χ3v) is 3.36. The SMILES string of the molecule is CCCCNC(=O)CCCn1cc(COc2ccccc2)nn1. The van der Waals surface area contributed by atoms with E-state index in [0.717, 1.165) is 37.3 Å². The van der Waals surface area contributed by atoms with Gasteiger partial charge in [-0.25, -0.2) is 0 Å². The van der Waals surface area contributed by atoms with Gasteiger partial charge < -0.3 is 10.1 Å². The van der Waals surface area contributed by atoms with Crippen LogP contribution in [0.4, 0.5) is 0 Å². The van der Waals surface area contributed by atoms with E-state index in [4.69, 9.17) is 4.74 Å². The van der Waals surface area contributed by atoms with Crippen molar-refractivity contribution in [3.8, 4) is 5.75 Å². The monoisotopic (exact) mass is 316 g/mol. The molecular weight excluding hydrogens is 292 g/mol.